The maximum atomic E-state index is 14.2. The van der Waals surface area contributed by atoms with Crippen molar-refractivity contribution in [2.24, 2.45) is 5.41 Å². The number of nitrogens with one attached hydrogen (secondary N) is 1. The number of aliphatic hydroxyl groups excluding tert-OH is 2. The highest BCUT2D eigenvalue weighted by Gasteiger charge is 2.51. The van der Waals surface area contributed by atoms with Gasteiger partial charge >= 0.3 is 6.09 Å². The Bertz CT molecular complexity index is 2830. The summed E-state index contributed by atoms with van der Waals surface area (Å²) in [6.45, 7) is -3.28. The highest BCUT2D eigenvalue weighted by Crippen LogP contribution is 2.52. The molecule has 2 aliphatic carbocycles. The van der Waals surface area contributed by atoms with Crippen molar-refractivity contribution in [1.82, 2.24) is 10.2 Å². The molecule has 3 amide bonds. The van der Waals surface area contributed by atoms with E-state index in [-0.39, 0.29) is 67.2 Å². The Balaban J connectivity index is 1.15. The summed E-state index contributed by atoms with van der Waals surface area (Å²) >= 11 is 0. The van der Waals surface area contributed by atoms with Crippen LogP contribution in [0.1, 0.15) is 101 Å². The molecular weight excluding hydrogens is 1310 g/mol. The molecule has 1 saturated heterocycles. The van der Waals surface area contributed by atoms with E-state index < -0.39 is 169 Å². The highest BCUT2D eigenvalue weighted by atomic mass is 18.0. The minimum atomic E-state index is -2.55. The quantitative estimate of drug-likeness (QED) is 0.0136. The van der Waals surface area contributed by atoms with E-state index in [4.69, 9.17) is 33.5 Å². The number of ketones is 5. The van der Waals surface area contributed by atoms with Crippen LogP contribution in [0.3, 0.4) is 0 Å². The van der Waals surface area contributed by atoms with Gasteiger partial charge in [-0.25, -0.2) is 24.3 Å². The van der Waals surface area contributed by atoms with Gasteiger partial charge < -0.3 is 54.5 Å². The lowest BCUT2D eigenvalue weighted by atomic mass is 9.72. The first-order valence-corrected chi connectivity index (χ1v) is 26.6. The molecule has 4 aliphatic rings. The number of hydrogen-bond acceptors (Lipinski definition) is 44. The van der Waals surface area contributed by atoms with Gasteiger partial charge in [0.05, 0.1) is 81.5 Å². The van der Waals surface area contributed by atoms with E-state index in [9.17, 15) is 63.9 Å². The number of aromatic hydroxyl groups is 2. The molecule has 94 heavy (non-hydrogen) atoms. The fourth-order valence-electron chi connectivity index (χ4n) is 9.32. The number of aliphatic hydroxyl groups is 3. The van der Waals surface area contributed by atoms with Crippen LogP contribution >= 0.6 is 0 Å². The SMILES string of the molecule is COOOOOOOOOOOOOCC(COOOOOOOOOOOOOC)(COC(=O)N[C@@H]1C[C@@H](O[C@@H]2C[C@@](O)(C(=O)CO)Cc3c(O)c4c(c(O)c32)C(=O)c2c(OC)cccc2C4=O)O[C@H](C)[C@@H]1O)CC(=O)CCOCCCC(=O)CCN1C(=O)C=CC1=O. The number of imide groups is 1. The van der Waals surface area contributed by atoms with Gasteiger partial charge in [-0.15, -0.1) is 0 Å². The summed E-state index contributed by atoms with van der Waals surface area (Å²) in [7, 11) is 3.29. The van der Waals surface area contributed by atoms with Gasteiger partial charge in [0.15, 0.2) is 17.9 Å². The second-order valence-corrected chi connectivity index (χ2v) is 19.3. The normalized spacial score (nSPS) is 20.1. The molecule has 6 N–H and O–H groups in total. The summed E-state index contributed by atoms with van der Waals surface area (Å²) in [6, 6.07) is 2.65. The lowest BCUT2D eigenvalue weighted by molar-refractivity contribution is -0.870. The Labute approximate surface area is 522 Å². The zero-order valence-electron chi connectivity index (χ0n) is 49.0. The number of alkyl carbamates (subject to hydrolysis) is 1. The number of amides is 3. The van der Waals surface area contributed by atoms with Crippen molar-refractivity contribution in [3.05, 3.63) is 63.7 Å². The molecule has 0 bridgehead atoms. The molecule has 6 rings (SSSR count). The van der Waals surface area contributed by atoms with Crippen LogP contribution in [0.2, 0.25) is 0 Å². The summed E-state index contributed by atoms with van der Waals surface area (Å²) in [5.74, 6) is -7.02. The largest absolute Gasteiger partial charge is 0.507 e. The topological polar surface area (TPSA) is 539 Å². The van der Waals surface area contributed by atoms with Crippen molar-refractivity contribution in [2.75, 3.05) is 67.5 Å². The Kier molecular flexibility index (Phi) is 31.7. The smallest absolute Gasteiger partial charge is 0.407 e. The summed E-state index contributed by atoms with van der Waals surface area (Å²) < 4.78 is 28.5. The monoisotopic (exact) mass is 1370 g/mol. The lowest BCUT2D eigenvalue weighted by Crippen LogP contribution is -2.56. The molecule has 0 saturated carbocycles. The zero-order chi connectivity index (χ0) is 68.0. The van der Waals surface area contributed by atoms with Crippen molar-refractivity contribution >= 4 is 46.8 Å². The number of rotatable bonds is 48. The maximum absolute atomic E-state index is 14.2. The minimum Gasteiger partial charge on any atom is -0.507 e. The molecule has 2 aliphatic heterocycles. The van der Waals surface area contributed by atoms with Gasteiger partial charge in [0.2, 0.25) is 5.78 Å². The molecule has 2 heterocycles. The van der Waals surface area contributed by atoms with Crippen LogP contribution in [-0.4, -0.2) is 175 Å². The van der Waals surface area contributed by atoms with Gasteiger partial charge in [-0.05, 0) is 130 Å². The number of nitrogens with zero attached hydrogens (tertiary/aromatic N) is 1. The number of Topliss-reactive ketones (excluding diaryl/α,β-unsaturated/α-hetero) is 3. The highest BCUT2D eigenvalue weighted by molar-refractivity contribution is 6.31. The predicted octanol–water partition coefficient (Wildman–Crippen LogP) is -0.563. The number of phenolic OH excluding ortho intramolecular Hbond substituents is 2. The van der Waals surface area contributed by atoms with Gasteiger partial charge in [0, 0.05) is 86.9 Å². The number of methoxy groups -OCH3 is 1. The van der Waals surface area contributed by atoms with Crippen LogP contribution in [0.25, 0.3) is 0 Å². The molecule has 0 aromatic heterocycles. The third-order valence-corrected chi connectivity index (χ3v) is 13.4. The fourth-order valence-corrected chi connectivity index (χ4v) is 9.32. The summed E-state index contributed by atoms with van der Waals surface area (Å²) in [4.78, 5) is 124. The van der Waals surface area contributed by atoms with Crippen molar-refractivity contribution < 1.29 is 218 Å². The molecule has 0 radical (unpaired) electrons. The molecule has 524 valence electrons. The zero-order valence-corrected chi connectivity index (χ0v) is 49.0. The van der Waals surface area contributed by atoms with Crippen molar-refractivity contribution in [2.45, 2.75) is 94.5 Å². The van der Waals surface area contributed by atoms with E-state index in [0.717, 1.165) is 31.3 Å². The molecule has 2 aromatic carbocycles. The Hall–Kier alpha value is -6.94. The van der Waals surface area contributed by atoms with E-state index >= 15 is 0 Å². The van der Waals surface area contributed by atoms with Crippen LogP contribution in [0.4, 0.5) is 4.79 Å². The van der Waals surface area contributed by atoms with Crippen molar-refractivity contribution in [1.29, 1.82) is 0 Å². The maximum Gasteiger partial charge on any atom is 0.407 e. The van der Waals surface area contributed by atoms with E-state index in [1.54, 1.807) is 0 Å². The van der Waals surface area contributed by atoms with E-state index in [1.165, 1.54) is 32.2 Å². The number of phenols is 2. The number of carbonyl (C=O) groups excluding carboxylic acids is 8. The summed E-state index contributed by atoms with van der Waals surface area (Å²) in [5, 5.41) is 145. The van der Waals surface area contributed by atoms with Gasteiger partial charge in [-0.3, -0.25) is 38.5 Å². The first-order valence-electron chi connectivity index (χ1n) is 26.6. The molecule has 2 aromatic rings. The first kappa shape index (κ1) is 76.1. The number of fused-ring (bicyclic) bond motifs is 3. The van der Waals surface area contributed by atoms with Gasteiger partial charge in [0.25, 0.3) is 11.8 Å². The average molecular weight is 1370 g/mol. The van der Waals surface area contributed by atoms with Crippen LogP contribution in [0.5, 0.6) is 17.2 Å². The van der Waals surface area contributed by atoms with Crippen LogP contribution in [0, 0.1) is 5.41 Å². The number of carbonyl (C=O) groups is 8. The van der Waals surface area contributed by atoms with E-state index in [1.807, 2.05) is 0 Å². The fraction of sp³-hybridized carbons (Fsp3) is 0.542. The van der Waals surface area contributed by atoms with E-state index in [2.05, 4.69) is 126 Å². The van der Waals surface area contributed by atoms with Gasteiger partial charge in [0.1, 0.15) is 53.7 Å². The Morgan fingerprint density at radius 1 is 0.681 bits per heavy atom. The van der Waals surface area contributed by atoms with Crippen LogP contribution in [-0.2, 0) is 180 Å². The van der Waals surface area contributed by atoms with Gasteiger partial charge in [-0.2, -0.15) is 0 Å². The first-order chi connectivity index (χ1) is 45.3. The second kappa shape index (κ2) is 39.2. The predicted molar refractivity (Wildman–Crippen MR) is 264 cm³/mol. The summed E-state index contributed by atoms with van der Waals surface area (Å²) in [6.07, 6.45) is -8.61. The molecule has 0 unspecified atom stereocenters. The molecule has 1 fully saturated rings. The Morgan fingerprint density at radius 3 is 1.79 bits per heavy atom. The molecule has 46 nitrogen and oxygen atoms in total. The third-order valence-electron chi connectivity index (χ3n) is 13.4. The summed E-state index contributed by atoms with van der Waals surface area (Å²) in [5.41, 5.74) is -7.19. The van der Waals surface area contributed by atoms with Crippen LogP contribution in [0.15, 0.2) is 30.4 Å². The Morgan fingerprint density at radius 2 is 1.23 bits per heavy atom. The number of ether oxygens (including phenoxy) is 5. The molecule has 6 atom stereocenters. The van der Waals surface area contributed by atoms with Gasteiger partial charge in [-0.1, -0.05) is 12.1 Å². The molecular formula is C48H58N2O44. The second-order valence-electron chi connectivity index (χ2n) is 19.3. The lowest BCUT2D eigenvalue weighted by Gasteiger charge is -2.42. The third kappa shape index (κ3) is 22.1. The molecule has 46 heteroatoms. The standard InChI is InChI=1S/C48H58N2O44/c1-25-41(57)30(17-36(71-25)72-32-20-48(63,33(54)21-51)19-29-38(32)45(61)40-39(43(29)59)42(58)28-8-5-9-31(64-2)37(28)44(40)60)49-46(62)68-22-47(23-69-75-79-83-87-91-93-89-85-81-77-73-65-3,24-70-76-80-84-88-92-94-90-86-82-78-74-66-4)18-27(53)13-16-67-15-6-7-26(52)12-14-50-34(55)10-11-35(50)56/h5,8-11,25,30,32,36,41,51,57,59,61,63H,6-7,12-24H2,1-4H3,(H,49,62)/t25-,30-,32-,36-,41+,48-/m1/s1. The minimum absolute atomic E-state index is 0.0158. The van der Waals surface area contributed by atoms with Crippen molar-refractivity contribution in [3.8, 4) is 17.2 Å². The van der Waals surface area contributed by atoms with Crippen LogP contribution < -0.4 is 10.1 Å². The number of benzene rings is 2. The van der Waals surface area contributed by atoms with E-state index in [0.29, 0.717) is 0 Å². The average Bonchev–Trinajstić information content (AvgIpc) is 0.762. The molecule has 0 spiro atoms. The number of hydrogen-bond donors (Lipinski definition) is 6. The van der Waals surface area contributed by atoms with Crippen molar-refractivity contribution in [3.63, 3.8) is 0 Å².